The van der Waals surface area contributed by atoms with Crippen molar-refractivity contribution in [2.75, 3.05) is 13.2 Å². The van der Waals surface area contributed by atoms with Gasteiger partial charge in [0.25, 0.3) is 0 Å². The lowest BCUT2D eigenvalue weighted by molar-refractivity contribution is -0.243. The van der Waals surface area contributed by atoms with Gasteiger partial charge in [-0.2, -0.15) is 0 Å². The van der Waals surface area contributed by atoms with Crippen molar-refractivity contribution in [3.05, 3.63) is 66.2 Å². The molecule has 0 spiro atoms. The standard InChI is InChI=1S/C12H13BO5.C12H16O5.CH4/c14-9-10-8-6-15-12(16-8)11(9)18-13(17-10)7-4-2-1-3-5-7;13-6-8-9(14)10(15)11(16)12(17-8)7-4-2-1-3-5-7;/h1-5,8-12,14H,6H2;1-5,8-16H,6H2;1H4/t8-,9+,10?,11?,12-;8-,9?,10+,11?,12+;/m11./s1. The lowest BCUT2D eigenvalue weighted by Gasteiger charge is -2.44. The SMILES string of the molecule is C.OC[C@H]1O[C@@H](c2ccccc2)C(O)[C@@H](O)C1O.O[C@@H]1C2OB(c3ccccc3)OC1[C@H]1CO[C@@H]2O1. The molecular formula is C25H33BO10. The molecule has 0 aromatic heterocycles. The van der Waals surface area contributed by atoms with Crippen molar-refractivity contribution in [3.8, 4) is 0 Å². The Morgan fingerprint density at radius 3 is 2.06 bits per heavy atom. The van der Waals surface area contributed by atoms with E-state index in [2.05, 4.69) is 0 Å². The third-order valence-electron chi connectivity index (χ3n) is 6.70. The minimum Gasteiger partial charge on any atom is -0.399 e. The quantitative estimate of drug-likeness (QED) is 0.334. The summed E-state index contributed by atoms with van der Waals surface area (Å²) in [6.45, 7) is 0.0437. The van der Waals surface area contributed by atoms with Gasteiger partial charge in [0.1, 0.15) is 54.9 Å². The highest BCUT2D eigenvalue weighted by molar-refractivity contribution is 6.61. The van der Waals surface area contributed by atoms with Gasteiger partial charge in [-0.1, -0.05) is 68.1 Å². The first-order valence-electron chi connectivity index (χ1n) is 11.6. The molecule has 4 fully saturated rings. The highest BCUT2D eigenvalue weighted by Gasteiger charge is 2.57. The number of aliphatic hydroxyl groups is 5. The predicted molar refractivity (Wildman–Crippen MR) is 128 cm³/mol. The van der Waals surface area contributed by atoms with Crippen molar-refractivity contribution < 1.29 is 49.1 Å². The largest absolute Gasteiger partial charge is 0.494 e. The highest BCUT2D eigenvalue weighted by Crippen LogP contribution is 2.35. The van der Waals surface area contributed by atoms with Gasteiger partial charge >= 0.3 is 7.12 Å². The molecule has 5 N–H and O–H groups in total. The monoisotopic (exact) mass is 504 g/mol. The van der Waals surface area contributed by atoms with Crippen molar-refractivity contribution in [1.29, 1.82) is 0 Å². The van der Waals surface area contributed by atoms with E-state index in [1.165, 1.54) is 0 Å². The number of rotatable bonds is 3. The zero-order chi connectivity index (χ0) is 24.5. The van der Waals surface area contributed by atoms with Crippen LogP contribution in [0.15, 0.2) is 60.7 Å². The van der Waals surface area contributed by atoms with Crippen LogP contribution in [0.4, 0.5) is 0 Å². The Morgan fingerprint density at radius 1 is 0.750 bits per heavy atom. The van der Waals surface area contributed by atoms with Crippen LogP contribution in [-0.2, 0) is 23.5 Å². The molecule has 10 nitrogen and oxygen atoms in total. The fourth-order valence-corrected chi connectivity index (χ4v) is 4.77. The van der Waals surface area contributed by atoms with Gasteiger partial charge in [0.15, 0.2) is 6.29 Å². The summed E-state index contributed by atoms with van der Waals surface area (Å²) in [6.07, 6.45) is -7.68. The highest BCUT2D eigenvalue weighted by atomic mass is 16.8. The maximum Gasteiger partial charge on any atom is 0.494 e. The molecule has 4 unspecified atom stereocenters. The second-order valence-electron chi connectivity index (χ2n) is 8.97. The van der Waals surface area contributed by atoms with Crippen LogP contribution in [0.3, 0.4) is 0 Å². The van der Waals surface area contributed by atoms with E-state index in [0.717, 1.165) is 5.46 Å². The predicted octanol–water partition coefficient (Wildman–Crippen LogP) is -0.881. The molecule has 36 heavy (non-hydrogen) atoms. The molecule has 6 rings (SSSR count). The molecule has 4 aliphatic rings. The Labute approximate surface area is 210 Å². The summed E-state index contributed by atoms with van der Waals surface area (Å²) in [6, 6.07) is 18.6. The Balaban J connectivity index is 0.000000165. The Morgan fingerprint density at radius 2 is 1.39 bits per heavy atom. The van der Waals surface area contributed by atoms with Crippen LogP contribution in [0.1, 0.15) is 19.1 Å². The van der Waals surface area contributed by atoms with E-state index in [1.807, 2.05) is 36.4 Å². The zero-order valence-electron chi connectivity index (χ0n) is 18.8. The molecule has 0 aliphatic carbocycles. The van der Waals surface area contributed by atoms with E-state index < -0.39 is 62.7 Å². The summed E-state index contributed by atoms with van der Waals surface area (Å²) in [5.41, 5.74) is 1.64. The fourth-order valence-electron chi connectivity index (χ4n) is 4.77. The summed E-state index contributed by atoms with van der Waals surface area (Å²) < 4.78 is 28.0. The van der Waals surface area contributed by atoms with Crippen LogP contribution in [0.2, 0.25) is 0 Å². The first-order chi connectivity index (χ1) is 17.0. The molecular weight excluding hydrogens is 471 g/mol. The van der Waals surface area contributed by atoms with Gasteiger partial charge in [-0.3, -0.25) is 0 Å². The molecule has 4 aliphatic heterocycles. The van der Waals surface area contributed by atoms with Gasteiger partial charge in [0.05, 0.1) is 13.2 Å². The fraction of sp³-hybridized carbons (Fsp3) is 0.520. The van der Waals surface area contributed by atoms with E-state index in [0.29, 0.717) is 12.2 Å². The van der Waals surface area contributed by atoms with Gasteiger partial charge < -0.3 is 49.1 Å². The van der Waals surface area contributed by atoms with Gasteiger partial charge in [0.2, 0.25) is 0 Å². The smallest absolute Gasteiger partial charge is 0.399 e. The van der Waals surface area contributed by atoms with Crippen LogP contribution >= 0.6 is 0 Å². The first-order valence-corrected chi connectivity index (χ1v) is 11.6. The maximum atomic E-state index is 10.1. The number of fused-ring (bicyclic) bond motifs is 6. The van der Waals surface area contributed by atoms with Crippen molar-refractivity contribution in [2.24, 2.45) is 0 Å². The number of ether oxygens (including phenoxy) is 3. The van der Waals surface area contributed by atoms with Gasteiger partial charge in [-0.25, -0.2) is 0 Å². The zero-order valence-corrected chi connectivity index (χ0v) is 18.8. The molecule has 2 aromatic carbocycles. The molecule has 0 amide bonds. The van der Waals surface area contributed by atoms with Crippen molar-refractivity contribution >= 4 is 12.6 Å². The Bertz CT molecular complexity index is 930. The molecule has 10 atom stereocenters. The lowest BCUT2D eigenvalue weighted by Crippen LogP contribution is -2.65. The van der Waals surface area contributed by atoms with Crippen molar-refractivity contribution in [3.63, 3.8) is 0 Å². The van der Waals surface area contributed by atoms with E-state index in [4.69, 9.17) is 28.6 Å². The number of hydrogen-bond donors (Lipinski definition) is 5. The molecule has 0 radical (unpaired) electrons. The van der Waals surface area contributed by atoms with E-state index in [1.54, 1.807) is 24.3 Å². The average Bonchev–Trinajstić information content (AvgIpc) is 3.36. The molecule has 4 heterocycles. The van der Waals surface area contributed by atoms with E-state index >= 15 is 0 Å². The second kappa shape index (κ2) is 11.7. The van der Waals surface area contributed by atoms with Crippen molar-refractivity contribution in [2.45, 2.75) is 68.7 Å². The third-order valence-corrected chi connectivity index (χ3v) is 6.70. The molecule has 4 bridgehead atoms. The summed E-state index contributed by atoms with van der Waals surface area (Å²) in [5.74, 6) is 0. The van der Waals surface area contributed by atoms with Crippen molar-refractivity contribution in [1.82, 2.24) is 0 Å². The number of aliphatic hydroxyl groups excluding tert-OH is 5. The first kappa shape index (κ1) is 27.1. The van der Waals surface area contributed by atoms with Crippen LogP contribution < -0.4 is 5.46 Å². The molecule has 4 saturated heterocycles. The molecule has 11 heteroatoms. The summed E-state index contributed by atoms with van der Waals surface area (Å²) >= 11 is 0. The van der Waals surface area contributed by atoms with Gasteiger partial charge in [-0.05, 0) is 11.0 Å². The Kier molecular flexibility index (Phi) is 8.79. The molecule has 0 saturated carbocycles. The minimum atomic E-state index is -1.33. The van der Waals surface area contributed by atoms with E-state index in [9.17, 15) is 20.4 Å². The second-order valence-corrected chi connectivity index (χ2v) is 8.97. The topological polar surface area (TPSA) is 147 Å². The van der Waals surface area contributed by atoms with Crippen LogP contribution in [0.5, 0.6) is 0 Å². The lowest BCUT2D eigenvalue weighted by atomic mass is 9.75. The Hall–Kier alpha value is -1.90. The average molecular weight is 504 g/mol. The van der Waals surface area contributed by atoms with Gasteiger partial charge in [0, 0.05) is 0 Å². The summed E-state index contributed by atoms with van der Waals surface area (Å²) in [7, 11) is -0.458. The normalized spacial score (nSPS) is 39.0. The maximum absolute atomic E-state index is 10.1. The molecule has 2 aromatic rings. The van der Waals surface area contributed by atoms with Crippen LogP contribution in [0, 0.1) is 0 Å². The number of benzene rings is 2. The summed E-state index contributed by atoms with van der Waals surface area (Å²) in [5, 5.41) is 48.3. The van der Waals surface area contributed by atoms with Crippen LogP contribution in [-0.4, -0.2) is 101 Å². The summed E-state index contributed by atoms with van der Waals surface area (Å²) in [4.78, 5) is 0. The van der Waals surface area contributed by atoms with E-state index in [-0.39, 0.29) is 19.6 Å². The minimum absolute atomic E-state index is 0. The van der Waals surface area contributed by atoms with Gasteiger partial charge in [-0.15, -0.1) is 0 Å². The third kappa shape index (κ3) is 5.22. The number of hydrogen-bond acceptors (Lipinski definition) is 10. The molecule has 196 valence electrons. The van der Waals surface area contributed by atoms with Crippen LogP contribution in [0.25, 0.3) is 0 Å².